The highest BCUT2D eigenvalue weighted by molar-refractivity contribution is 9.10. The molecule has 6 atom stereocenters. The predicted molar refractivity (Wildman–Crippen MR) is 104 cm³/mol. The SMILES string of the molecule is CC1(Br)C(=O)CCC2C1CCC1(C)C(OC(=O)c3ccccc3)CCC21. The number of halogens is 1. The number of ether oxygens (including phenoxy) is 1. The van der Waals surface area contributed by atoms with E-state index in [1.165, 1.54) is 0 Å². The number of benzene rings is 1. The minimum Gasteiger partial charge on any atom is -0.458 e. The second-order valence-corrected chi connectivity index (χ2v) is 10.4. The van der Waals surface area contributed by atoms with Crippen molar-refractivity contribution in [2.75, 3.05) is 0 Å². The highest BCUT2D eigenvalue weighted by Gasteiger charge is 2.60. The van der Waals surface area contributed by atoms with Gasteiger partial charge in [0.25, 0.3) is 0 Å². The molecule has 0 bridgehead atoms. The molecule has 1 aromatic carbocycles. The van der Waals surface area contributed by atoms with Gasteiger partial charge in [-0.1, -0.05) is 41.1 Å². The van der Waals surface area contributed by atoms with Crippen LogP contribution in [0.3, 0.4) is 0 Å². The number of carbonyl (C=O) groups excluding carboxylic acids is 2. The summed E-state index contributed by atoms with van der Waals surface area (Å²) in [5.41, 5.74) is 0.666. The van der Waals surface area contributed by atoms with Crippen LogP contribution in [0.4, 0.5) is 0 Å². The Morgan fingerprint density at radius 1 is 1.08 bits per heavy atom. The lowest BCUT2D eigenvalue weighted by atomic mass is 9.54. The van der Waals surface area contributed by atoms with Crippen molar-refractivity contribution in [2.45, 2.75) is 62.8 Å². The van der Waals surface area contributed by atoms with E-state index in [1.807, 2.05) is 30.3 Å². The van der Waals surface area contributed by atoms with E-state index in [4.69, 9.17) is 4.74 Å². The second kappa shape index (κ2) is 6.47. The van der Waals surface area contributed by atoms with E-state index >= 15 is 0 Å². The van der Waals surface area contributed by atoms with Gasteiger partial charge in [-0.2, -0.15) is 0 Å². The summed E-state index contributed by atoms with van der Waals surface area (Å²) in [7, 11) is 0. The van der Waals surface area contributed by atoms with Crippen LogP contribution in [-0.4, -0.2) is 22.2 Å². The van der Waals surface area contributed by atoms with E-state index in [0.717, 1.165) is 32.1 Å². The van der Waals surface area contributed by atoms with Gasteiger partial charge in [0.2, 0.25) is 0 Å². The molecule has 0 radical (unpaired) electrons. The number of fused-ring (bicyclic) bond motifs is 3. The summed E-state index contributed by atoms with van der Waals surface area (Å²) in [6.07, 6.45) is 5.75. The molecule has 4 rings (SSSR count). The fourth-order valence-corrected chi connectivity index (χ4v) is 6.80. The lowest BCUT2D eigenvalue weighted by Crippen LogP contribution is -2.54. The lowest BCUT2D eigenvalue weighted by molar-refractivity contribution is -0.130. The Labute approximate surface area is 164 Å². The molecular formula is C22H27BrO3. The first-order chi connectivity index (χ1) is 12.3. The van der Waals surface area contributed by atoms with Crippen LogP contribution in [0.25, 0.3) is 0 Å². The van der Waals surface area contributed by atoms with Crippen LogP contribution >= 0.6 is 15.9 Å². The van der Waals surface area contributed by atoms with Crippen molar-refractivity contribution in [2.24, 2.45) is 23.2 Å². The Balaban J connectivity index is 1.53. The van der Waals surface area contributed by atoms with E-state index < -0.39 is 0 Å². The van der Waals surface area contributed by atoms with Crippen LogP contribution in [0.2, 0.25) is 0 Å². The second-order valence-electron chi connectivity index (χ2n) is 8.80. The summed E-state index contributed by atoms with van der Waals surface area (Å²) in [5, 5.41) is 0. The van der Waals surface area contributed by atoms with Crippen molar-refractivity contribution in [3.05, 3.63) is 35.9 Å². The van der Waals surface area contributed by atoms with E-state index in [9.17, 15) is 9.59 Å². The summed E-state index contributed by atoms with van der Waals surface area (Å²) >= 11 is 3.77. The van der Waals surface area contributed by atoms with Gasteiger partial charge in [0.15, 0.2) is 0 Å². The summed E-state index contributed by atoms with van der Waals surface area (Å²) in [4.78, 5) is 25.0. The van der Waals surface area contributed by atoms with Crippen molar-refractivity contribution in [1.82, 2.24) is 0 Å². The zero-order valence-corrected chi connectivity index (χ0v) is 17.1. The summed E-state index contributed by atoms with van der Waals surface area (Å²) < 4.78 is 5.63. The number of Topliss-reactive ketones (excluding diaryl/α,β-unsaturated/α-hetero) is 1. The molecule has 26 heavy (non-hydrogen) atoms. The number of esters is 1. The molecule has 1 aromatic rings. The van der Waals surface area contributed by atoms with Crippen molar-refractivity contribution < 1.29 is 14.3 Å². The molecule has 4 heteroatoms. The number of carbonyl (C=O) groups is 2. The first kappa shape index (κ1) is 18.2. The topological polar surface area (TPSA) is 43.4 Å². The number of ketones is 1. The van der Waals surface area contributed by atoms with Gasteiger partial charge in [-0.05, 0) is 68.9 Å². The number of rotatable bonds is 2. The monoisotopic (exact) mass is 418 g/mol. The number of hydrogen-bond acceptors (Lipinski definition) is 3. The molecule has 0 spiro atoms. The van der Waals surface area contributed by atoms with Gasteiger partial charge in [-0.15, -0.1) is 0 Å². The normalized spacial score (nSPS) is 42.0. The first-order valence-corrected chi connectivity index (χ1v) is 10.6. The maximum absolute atomic E-state index is 12.6. The van der Waals surface area contributed by atoms with E-state index in [0.29, 0.717) is 35.5 Å². The zero-order valence-electron chi connectivity index (χ0n) is 15.5. The Kier molecular flexibility index (Phi) is 4.53. The van der Waals surface area contributed by atoms with Gasteiger partial charge in [0.05, 0.1) is 9.89 Å². The molecule has 0 aromatic heterocycles. The summed E-state index contributed by atoms with van der Waals surface area (Å²) in [6.45, 7) is 4.38. The first-order valence-electron chi connectivity index (χ1n) is 9.82. The zero-order chi connectivity index (χ0) is 18.5. The molecular weight excluding hydrogens is 392 g/mol. The third kappa shape index (κ3) is 2.76. The highest BCUT2D eigenvalue weighted by Crippen LogP contribution is 2.62. The average Bonchev–Trinajstić information content (AvgIpc) is 2.95. The van der Waals surface area contributed by atoms with E-state index in [2.05, 4.69) is 29.8 Å². The van der Waals surface area contributed by atoms with E-state index in [1.54, 1.807) is 0 Å². The third-order valence-corrected chi connectivity index (χ3v) is 8.59. The smallest absolute Gasteiger partial charge is 0.338 e. The summed E-state index contributed by atoms with van der Waals surface area (Å²) in [5.74, 6) is 1.65. The molecule has 3 saturated carbocycles. The molecule has 3 nitrogen and oxygen atoms in total. The van der Waals surface area contributed by atoms with Crippen molar-refractivity contribution in [1.29, 1.82) is 0 Å². The molecule has 3 fully saturated rings. The van der Waals surface area contributed by atoms with Crippen LogP contribution in [0.15, 0.2) is 30.3 Å². The minimum atomic E-state index is -0.379. The van der Waals surface area contributed by atoms with Crippen LogP contribution in [0, 0.1) is 23.2 Å². The fraction of sp³-hybridized carbons (Fsp3) is 0.636. The molecule has 0 aliphatic heterocycles. The Bertz CT molecular complexity index is 713. The molecule has 0 saturated heterocycles. The molecule has 140 valence electrons. The molecule has 3 aliphatic rings. The Hall–Kier alpha value is -1.16. The third-order valence-electron chi connectivity index (χ3n) is 7.56. The maximum atomic E-state index is 12.6. The minimum absolute atomic E-state index is 0.0136. The predicted octanol–water partition coefficient (Wildman–Crippen LogP) is 5.17. The largest absolute Gasteiger partial charge is 0.458 e. The fourth-order valence-electron chi connectivity index (χ4n) is 6.03. The lowest BCUT2D eigenvalue weighted by Gasteiger charge is -2.53. The van der Waals surface area contributed by atoms with Gasteiger partial charge >= 0.3 is 5.97 Å². The molecule has 0 N–H and O–H groups in total. The Morgan fingerprint density at radius 3 is 2.54 bits per heavy atom. The van der Waals surface area contributed by atoms with Gasteiger partial charge in [0.1, 0.15) is 11.9 Å². The van der Waals surface area contributed by atoms with Gasteiger partial charge < -0.3 is 4.74 Å². The van der Waals surface area contributed by atoms with E-state index in [-0.39, 0.29) is 21.8 Å². The molecule has 0 amide bonds. The number of alkyl halides is 1. The number of hydrogen-bond donors (Lipinski definition) is 0. The van der Waals surface area contributed by atoms with Crippen LogP contribution in [0.1, 0.15) is 62.7 Å². The van der Waals surface area contributed by atoms with Crippen LogP contribution in [-0.2, 0) is 9.53 Å². The highest BCUT2D eigenvalue weighted by atomic mass is 79.9. The van der Waals surface area contributed by atoms with Gasteiger partial charge in [0, 0.05) is 11.8 Å². The quantitative estimate of drug-likeness (QED) is 0.491. The van der Waals surface area contributed by atoms with Crippen LogP contribution in [0.5, 0.6) is 0 Å². The van der Waals surface area contributed by atoms with Gasteiger partial charge in [-0.25, -0.2) is 4.79 Å². The van der Waals surface area contributed by atoms with Crippen LogP contribution < -0.4 is 0 Å². The average molecular weight is 419 g/mol. The molecule has 0 heterocycles. The van der Waals surface area contributed by atoms with Crippen molar-refractivity contribution in [3.63, 3.8) is 0 Å². The van der Waals surface area contributed by atoms with Crippen molar-refractivity contribution in [3.8, 4) is 0 Å². The van der Waals surface area contributed by atoms with Crippen molar-refractivity contribution >= 4 is 27.7 Å². The molecule has 6 unspecified atom stereocenters. The molecule has 3 aliphatic carbocycles. The Morgan fingerprint density at radius 2 is 1.81 bits per heavy atom. The maximum Gasteiger partial charge on any atom is 0.338 e. The standard InChI is InChI=1S/C22H27BrO3/c1-21-13-12-17-15(8-10-18(24)22(17,2)23)16(21)9-11-19(21)26-20(25)14-6-4-3-5-7-14/h3-7,15-17,19H,8-13H2,1-2H3. The summed E-state index contributed by atoms with van der Waals surface area (Å²) in [6, 6.07) is 9.29. The van der Waals surface area contributed by atoms with Gasteiger partial charge in [-0.3, -0.25) is 4.79 Å².